The van der Waals surface area contributed by atoms with Crippen LogP contribution in [-0.2, 0) is 0 Å². The van der Waals surface area contributed by atoms with Crippen LogP contribution in [0.15, 0.2) is 0 Å². The summed E-state index contributed by atoms with van der Waals surface area (Å²) in [5.74, 6) is 4.79. The molecule has 2 fully saturated rings. The Morgan fingerprint density at radius 3 is 2.35 bits per heavy atom. The Bertz CT molecular complexity index is 329. The van der Waals surface area contributed by atoms with E-state index in [1.54, 1.807) is 0 Å². The molecule has 2 saturated carbocycles. The lowest BCUT2D eigenvalue weighted by atomic mass is 9.61. The average Bonchev–Trinajstić information content (AvgIpc) is 2.59. The van der Waals surface area contributed by atoms with Gasteiger partial charge in [-0.05, 0) is 66.1 Å². The summed E-state index contributed by atoms with van der Waals surface area (Å²) in [6.07, 6.45) is 8.71. The molecular weight excluding hydrogens is 240 g/mol. The quantitative estimate of drug-likeness (QED) is 0.535. The van der Waals surface area contributed by atoms with Crippen LogP contribution in [0.4, 0.5) is 0 Å². The van der Waals surface area contributed by atoms with Gasteiger partial charge in [-0.2, -0.15) is 0 Å². The normalized spacial score (nSPS) is 40.6. The smallest absolute Gasteiger partial charge is 0.0306 e. The molecule has 6 atom stereocenters. The summed E-state index contributed by atoms with van der Waals surface area (Å²) in [6.45, 7) is 17.5. The molecule has 0 radical (unpaired) electrons. The van der Waals surface area contributed by atoms with Gasteiger partial charge in [-0.1, -0.05) is 61.3 Å². The molecular formula is C20H38. The molecule has 0 spiro atoms. The molecule has 0 aromatic heterocycles. The lowest BCUT2D eigenvalue weighted by molar-refractivity contribution is 0.0508. The monoisotopic (exact) mass is 278 g/mol. The van der Waals surface area contributed by atoms with E-state index in [1.165, 1.54) is 38.5 Å². The van der Waals surface area contributed by atoms with Crippen molar-refractivity contribution in [3.05, 3.63) is 0 Å². The van der Waals surface area contributed by atoms with E-state index in [0.29, 0.717) is 10.8 Å². The molecule has 0 heterocycles. The highest BCUT2D eigenvalue weighted by molar-refractivity contribution is 5.01. The third kappa shape index (κ3) is 2.95. The van der Waals surface area contributed by atoms with E-state index in [9.17, 15) is 0 Å². The summed E-state index contributed by atoms with van der Waals surface area (Å²) in [6, 6.07) is 0. The van der Waals surface area contributed by atoms with E-state index in [-0.39, 0.29) is 0 Å². The van der Waals surface area contributed by atoms with E-state index in [2.05, 4.69) is 48.5 Å². The fourth-order valence-electron chi connectivity index (χ4n) is 6.15. The Labute approximate surface area is 128 Å². The maximum atomic E-state index is 2.59. The Balaban J connectivity index is 2.26. The van der Waals surface area contributed by atoms with Gasteiger partial charge in [0, 0.05) is 0 Å². The molecule has 2 rings (SSSR count). The van der Waals surface area contributed by atoms with E-state index >= 15 is 0 Å². The fourth-order valence-corrected chi connectivity index (χ4v) is 6.15. The fraction of sp³-hybridized carbons (Fsp3) is 1.00. The molecule has 0 aromatic rings. The van der Waals surface area contributed by atoms with Crippen LogP contribution >= 0.6 is 0 Å². The molecule has 118 valence electrons. The Morgan fingerprint density at radius 1 is 1.15 bits per heavy atom. The maximum Gasteiger partial charge on any atom is -0.0306 e. The summed E-state index contributed by atoms with van der Waals surface area (Å²) in [5.41, 5.74) is 1.18. The van der Waals surface area contributed by atoms with Crippen LogP contribution < -0.4 is 0 Å². The zero-order valence-electron chi connectivity index (χ0n) is 15.1. The van der Waals surface area contributed by atoms with Crippen molar-refractivity contribution in [3.63, 3.8) is 0 Å². The van der Waals surface area contributed by atoms with Crippen LogP contribution in [0.1, 0.15) is 87.0 Å². The predicted octanol–water partition coefficient (Wildman–Crippen LogP) is 6.55. The van der Waals surface area contributed by atoms with Gasteiger partial charge in [-0.3, -0.25) is 0 Å². The number of fused-ring (bicyclic) bond motifs is 2. The second-order valence-electron chi connectivity index (χ2n) is 9.44. The lowest BCUT2D eigenvalue weighted by Crippen LogP contribution is -2.37. The maximum absolute atomic E-state index is 2.59. The molecule has 6 unspecified atom stereocenters. The molecule has 0 saturated heterocycles. The van der Waals surface area contributed by atoms with Crippen molar-refractivity contribution in [1.82, 2.24) is 0 Å². The second-order valence-corrected chi connectivity index (χ2v) is 9.44. The van der Waals surface area contributed by atoms with Crippen LogP contribution in [0, 0.1) is 40.4 Å². The number of hydrogen-bond donors (Lipinski definition) is 0. The van der Waals surface area contributed by atoms with Crippen LogP contribution in [0.25, 0.3) is 0 Å². The summed E-state index contributed by atoms with van der Waals surface area (Å²) >= 11 is 0. The first-order chi connectivity index (χ1) is 9.22. The molecule has 0 N–H and O–H groups in total. The summed E-state index contributed by atoms with van der Waals surface area (Å²) in [5, 5.41) is 0. The Morgan fingerprint density at radius 2 is 1.80 bits per heavy atom. The molecule has 0 nitrogen and oxygen atoms in total. The van der Waals surface area contributed by atoms with Gasteiger partial charge in [-0.25, -0.2) is 0 Å². The first kappa shape index (κ1) is 16.4. The van der Waals surface area contributed by atoms with Gasteiger partial charge in [0.25, 0.3) is 0 Å². The van der Waals surface area contributed by atoms with Gasteiger partial charge in [0.1, 0.15) is 0 Å². The van der Waals surface area contributed by atoms with Crippen molar-refractivity contribution in [1.29, 1.82) is 0 Å². The van der Waals surface area contributed by atoms with Crippen molar-refractivity contribution in [2.24, 2.45) is 40.4 Å². The van der Waals surface area contributed by atoms with E-state index < -0.39 is 0 Å². The molecule has 0 heteroatoms. The van der Waals surface area contributed by atoms with Gasteiger partial charge in [-0.15, -0.1) is 0 Å². The third-order valence-corrected chi connectivity index (χ3v) is 7.17. The summed E-state index contributed by atoms with van der Waals surface area (Å²) in [4.78, 5) is 0. The molecule has 2 aliphatic carbocycles. The van der Waals surface area contributed by atoms with E-state index in [1.807, 2.05) is 0 Å². The molecule has 2 bridgehead atoms. The van der Waals surface area contributed by atoms with Gasteiger partial charge < -0.3 is 0 Å². The standard InChI is InChI=1S/C20H38/c1-8-15(4)18(19(5,6)9-2)17-13-20(7)11-14(3)10-16(17)12-20/h14-18H,8-13H2,1-7H3. The van der Waals surface area contributed by atoms with Crippen molar-refractivity contribution in [2.45, 2.75) is 87.0 Å². The molecule has 2 aliphatic rings. The van der Waals surface area contributed by atoms with Gasteiger partial charge in [0.05, 0.1) is 0 Å². The average molecular weight is 279 g/mol. The van der Waals surface area contributed by atoms with Crippen molar-refractivity contribution in [3.8, 4) is 0 Å². The SMILES string of the molecule is CCC(C)C(C1CC2(C)CC(C)CC1C2)C(C)(C)CC. The highest BCUT2D eigenvalue weighted by Crippen LogP contribution is 2.61. The van der Waals surface area contributed by atoms with Gasteiger partial charge >= 0.3 is 0 Å². The van der Waals surface area contributed by atoms with Crippen molar-refractivity contribution in [2.75, 3.05) is 0 Å². The van der Waals surface area contributed by atoms with Crippen LogP contribution in [0.5, 0.6) is 0 Å². The Kier molecular flexibility index (Phi) is 4.63. The molecule has 0 aromatic carbocycles. The van der Waals surface area contributed by atoms with Gasteiger partial charge in [0.2, 0.25) is 0 Å². The number of hydrogen-bond acceptors (Lipinski definition) is 0. The minimum atomic E-state index is 0.511. The molecule has 0 aliphatic heterocycles. The second kappa shape index (κ2) is 5.65. The number of rotatable bonds is 5. The third-order valence-electron chi connectivity index (χ3n) is 7.17. The molecule has 0 amide bonds. The zero-order chi connectivity index (χ0) is 15.1. The zero-order valence-corrected chi connectivity index (χ0v) is 15.1. The molecule has 20 heavy (non-hydrogen) atoms. The first-order valence-corrected chi connectivity index (χ1v) is 9.22. The topological polar surface area (TPSA) is 0 Å². The van der Waals surface area contributed by atoms with E-state index in [0.717, 1.165) is 29.6 Å². The first-order valence-electron chi connectivity index (χ1n) is 9.22. The minimum absolute atomic E-state index is 0.511. The van der Waals surface area contributed by atoms with Gasteiger partial charge in [0.15, 0.2) is 0 Å². The largest absolute Gasteiger partial charge is 0.0651 e. The highest BCUT2D eigenvalue weighted by Gasteiger charge is 2.52. The highest BCUT2D eigenvalue weighted by atomic mass is 14.6. The minimum Gasteiger partial charge on any atom is -0.0651 e. The van der Waals surface area contributed by atoms with Crippen molar-refractivity contribution >= 4 is 0 Å². The summed E-state index contributed by atoms with van der Waals surface area (Å²) < 4.78 is 0. The van der Waals surface area contributed by atoms with Crippen molar-refractivity contribution < 1.29 is 0 Å². The summed E-state index contributed by atoms with van der Waals surface area (Å²) in [7, 11) is 0. The van der Waals surface area contributed by atoms with Crippen LogP contribution in [0.2, 0.25) is 0 Å². The predicted molar refractivity (Wildman–Crippen MR) is 89.7 cm³/mol. The lowest BCUT2D eigenvalue weighted by Gasteiger charge is -2.44. The Hall–Kier alpha value is 0. The van der Waals surface area contributed by atoms with Crippen LogP contribution in [0.3, 0.4) is 0 Å². The van der Waals surface area contributed by atoms with Crippen LogP contribution in [-0.4, -0.2) is 0 Å². The van der Waals surface area contributed by atoms with E-state index in [4.69, 9.17) is 0 Å².